The number of hydrogen-bond acceptors (Lipinski definition) is 3. The SMILES string of the molecule is FC(F)(F)c1n[nH]c(-c2ccccn2)n1.[Ir+3]. The van der Waals surface area contributed by atoms with Crippen LogP contribution in [-0.4, -0.2) is 20.2 Å². The molecule has 0 amide bonds. The Balaban J connectivity index is 0.00000128. The van der Waals surface area contributed by atoms with Crippen LogP contribution in [0, 0.1) is 0 Å². The third-order valence-electron chi connectivity index (χ3n) is 1.65. The average Bonchev–Trinajstić information content (AvgIpc) is 2.67. The number of alkyl halides is 3. The number of pyridine rings is 1. The van der Waals surface area contributed by atoms with Gasteiger partial charge < -0.3 is 0 Å². The summed E-state index contributed by atoms with van der Waals surface area (Å²) in [5.74, 6) is -1.19. The van der Waals surface area contributed by atoms with E-state index in [0.717, 1.165) is 0 Å². The summed E-state index contributed by atoms with van der Waals surface area (Å²) in [6.45, 7) is 0. The smallest absolute Gasteiger partial charge is 0.257 e. The number of halogens is 3. The van der Waals surface area contributed by atoms with Gasteiger partial charge in [-0.2, -0.15) is 13.2 Å². The number of nitrogens with one attached hydrogen (secondary N) is 1. The van der Waals surface area contributed by atoms with E-state index in [1.54, 1.807) is 18.2 Å². The Hall–Kier alpha value is -1.27. The first-order valence-electron chi connectivity index (χ1n) is 3.98. The van der Waals surface area contributed by atoms with Gasteiger partial charge in [-0.3, -0.25) is 10.1 Å². The van der Waals surface area contributed by atoms with Crippen LogP contribution >= 0.6 is 0 Å². The summed E-state index contributed by atoms with van der Waals surface area (Å²) < 4.78 is 36.5. The van der Waals surface area contributed by atoms with Crippen molar-refractivity contribution in [3.8, 4) is 11.5 Å². The maximum absolute atomic E-state index is 12.2. The third kappa shape index (κ3) is 2.65. The van der Waals surface area contributed by atoms with Crippen LogP contribution in [0.2, 0.25) is 0 Å². The largest absolute Gasteiger partial charge is 3.00 e. The molecule has 84 valence electrons. The van der Waals surface area contributed by atoms with Crippen molar-refractivity contribution in [1.82, 2.24) is 20.2 Å². The molecule has 2 aromatic heterocycles. The van der Waals surface area contributed by atoms with Gasteiger partial charge in [0.2, 0.25) is 0 Å². The number of rotatable bonds is 1. The van der Waals surface area contributed by atoms with Crippen molar-refractivity contribution in [3.63, 3.8) is 0 Å². The monoisotopic (exact) mass is 407 g/mol. The molecule has 0 fully saturated rings. The van der Waals surface area contributed by atoms with Crippen molar-refractivity contribution >= 4 is 0 Å². The molecule has 2 rings (SSSR count). The first kappa shape index (κ1) is 12.8. The van der Waals surface area contributed by atoms with E-state index in [-0.39, 0.29) is 25.9 Å². The van der Waals surface area contributed by atoms with Crippen molar-refractivity contribution in [1.29, 1.82) is 0 Å². The normalized spacial score (nSPS) is 10.9. The van der Waals surface area contributed by atoms with Crippen LogP contribution in [0.5, 0.6) is 0 Å². The minimum absolute atomic E-state index is 0. The van der Waals surface area contributed by atoms with E-state index in [9.17, 15) is 13.2 Å². The summed E-state index contributed by atoms with van der Waals surface area (Å²) in [5.41, 5.74) is 0.320. The second-order valence-corrected chi connectivity index (χ2v) is 2.72. The summed E-state index contributed by atoms with van der Waals surface area (Å²) in [6.07, 6.45) is -3.07. The van der Waals surface area contributed by atoms with Crippen LogP contribution in [0.25, 0.3) is 11.5 Å². The molecule has 0 radical (unpaired) electrons. The predicted octanol–water partition coefficient (Wildman–Crippen LogP) is 1.88. The zero-order chi connectivity index (χ0) is 10.9. The Labute approximate surface area is 102 Å². The molecule has 0 aliphatic carbocycles. The fraction of sp³-hybridized carbons (Fsp3) is 0.125. The number of aromatic nitrogens is 4. The van der Waals surface area contributed by atoms with E-state index in [0.29, 0.717) is 5.69 Å². The number of nitrogens with zero attached hydrogens (tertiary/aromatic N) is 3. The second kappa shape index (κ2) is 4.71. The topological polar surface area (TPSA) is 54.5 Å². The van der Waals surface area contributed by atoms with Crippen molar-refractivity contribution < 1.29 is 33.3 Å². The Morgan fingerprint density at radius 2 is 1.94 bits per heavy atom. The first-order valence-corrected chi connectivity index (χ1v) is 3.98. The van der Waals surface area contributed by atoms with E-state index in [1.807, 2.05) is 0 Å². The van der Waals surface area contributed by atoms with E-state index in [2.05, 4.69) is 20.2 Å². The molecule has 0 unspecified atom stereocenters. The number of aromatic amines is 1. The molecule has 0 aliphatic rings. The molecule has 0 saturated carbocycles. The molecule has 0 bridgehead atoms. The van der Waals surface area contributed by atoms with Gasteiger partial charge in [-0.15, -0.1) is 5.10 Å². The number of H-pyrrole nitrogens is 1. The van der Waals surface area contributed by atoms with Gasteiger partial charge in [0.05, 0.1) is 0 Å². The Kier molecular flexibility index (Phi) is 3.77. The van der Waals surface area contributed by atoms with E-state index < -0.39 is 12.0 Å². The van der Waals surface area contributed by atoms with E-state index in [4.69, 9.17) is 0 Å². The van der Waals surface area contributed by atoms with Gasteiger partial charge in [0, 0.05) is 6.20 Å². The van der Waals surface area contributed by atoms with Gasteiger partial charge in [-0.25, -0.2) is 4.98 Å². The number of hydrogen-bond donors (Lipinski definition) is 1. The van der Waals surface area contributed by atoms with Crippen molar-refractivity contribution in [2.75, 3.05) is 0 Å². The molecule has 8 heteroatoms. The molecule has 0 aliphatic heterocycles. The minimum Gasteiger partial charge on any atom is -0.257 e. The van der Waals surface area contributed by atoms with Crippen LogP contribution in [0.3, 0.4) is 0 Å². The molecular formula is C8H5F3IrN4+3. The van der Waals surface area contributed by atoms with Crippen LogP contribution in [0.15, 0.2) is 24.4 Å². The fourth-order valence-electron chi connectivity index (χ4n) is 1.01. The summed E-state index contributed by atoms with van der Waals surface area (Å²) in [4.78, 5) is 7.14. The van der Waals surface area contributed by atoms with Gasteiger partial charge in [-0.05, 0) is 12.1 Å². The molecule has 0 spiro atoms. The second-order valence-electron chi connectivity index (χ2n) is 2.72. The van der Waals surface area contributed by atoms with Crippen LogP contribution < -0.4 is 0 Å². The minimum atomic E-state index is -4.54. The van der Waals surface area contributed by atoms with Crippen molar-refractivity contribution in [2.45, 2.75) is 6.18 Å². The maximum atomic E-state index is 12.2. The van der Waals surface area contributed by atoms with Gasteiger partial charge in [0.25, 0.3) is 5.82 Å². The van der Waals surface area contributed by atoms with Gasteiger partial charge in [-0.1, -0.05) is 6.07 Å². The van der Waals surface area contributed by atoms with Crippen LogP contribution in [0.4, 0.5) is 13.2 Å². The molecule has 1 N–H and O–H groups in total. The molecule has 4 nitrogen and oxygen atoms in total. The Morgan fingerprint density at radius 3 is 2.44 bits per heavy atom. The third-order valence-corrected chi connectivity index (χ3v) is 1.65. The van der Waals surface area contributed by atoms with Crippen LogP contribution in [0.1, 0.15) is 5.82 Å². The van der Waals surface area contributed by atoms with E-state index >= 15 is 0 Å². The zero-order valence-corrected chi connectivity index (χ0v) is 10.0. The van der Waals surface area contributed by atoms with Crippen LogP contribution in [-0.2, 0) is 26.3 Å². The summed E-state index contributed by atoms with van der Waals surface area (Å²) in [5, 5.41) is 5.25. The first-order chi connectivity index (χ1) is 7.07. The molecule has 0 aromatic carbocycles. The average molecular weight is 406 g/mol. The summed E-state index contributed by atoms with van der Waals surface area (Å²) >= 11 is 0. The van der Waals surface area contributed by atoms with Gasteiger partial charge >= 0.3 is 26.3 Å². The van der Waals surface area contributed by atoms with Gasteiger partial charge in [0.15, 0.2) is 5.82 Å². The summed E-state index contributed by atoms with van der Waals surface area (Å²) in [6, 6.07) is 4.85. The van der Waals surface area contributed by atoms with E-state index in [1.165, 1.54) is 6.20 Å². The van der Waals surface area contributed by atoms with Gasteiger partial charge in [0.1, 0.15) is 5.69 Å². The molecule has 0 saturated heterocycles. The quantitative estimate of drug-likeness (QED) is 0.787. The maximum Gasteiger partial charge on any atom is 3.00 e. The molecular weight excluding hydrogens is 401 g/mol. The summed E-state index contributed by atoms with van der Waals surface area (Å²) in [7, 11) is 0. The predicted molar refractivity (Wildman–Crippen MR) is 44.6 cm³/mol. The standard InChI is InChI=1S/C8H5F3N4.Ir/c9-8(10,11)7-13-6(14-15-7)5-3-1-2-4-12-5;/h1-4H,(H,13,14,15);/q;+3. The Morgan fingerprint density at radius 1 is 1.19 bits per heavy atom. The Bertz CT molecular complexity index is 454. The zero-order valence-electron chi connectivity index (χ0n) is 7.62. The molecule has 2 aromatic rings. The molecule has 16 heavy (non-hydrogen) atoms. The van der Waals surface area contributed by atoms with Crippen molar-refractivity contribution in [3.05, 3.63) is 30.2 Å². The molecule has 0 atom stereocenters. The van der Waals surface area contributed by atoms with Crippen molar-refractivity contribution in [2.24, 2.45) is 0 Å². The molecule has 2 heterocycles. The fourth-order valence-corrected chi connectivity index (χ4v) is 1.01.